The third-order valence-corrected chi connectivity index (χ3v) is 7.18. The van der Waals surface area contributed by atoms with Gasteiger partial charge in [-0.05, 0) is 37.1 Å². The molecule has 0 atom stereocenters. The van der Waals surface area contributed by atoms with Crippen molar-refractivity contribution < 1.29 is 21.6 Å². The number of benzene rings is 1. The Bertz CT molecular complexity index is 817. The summed E-state index contributed by atoms with van der Waals surface area (Å²) < 4.78 is 49.5. The molecule has 1 heterocycles. The fourth-order valence-electron chi connectivity index (χ4n) is 2.38. The van der Waals surface area contributed by atoms with E-state index < -0.39 is 19.9 Å². The molecule has 0 aliphatic carbocycles. The van der Waals surface area contributed by atoms with Gasteiger partial charge >= 0.3 is 0 Å². The smallest absolute Gasteiger partial charge is 0.240 e. The quantitative estimate of drug-likeness (QED) is 0.795. The Labute approximate surface area is 143 Å². The maximum atomic E-state index is 12.2. The summed E-state index contributed by atoms with van der Waals surface area (Å²) in [4.78, 5) is 13.7. The third kappa shape index (κ3) is 4.78. The number of sulfone groups is 1. The number of carbonyl (C=O) groups excluding carboxylic acids is 1. The molecule has 24 heavy (non-hydrogen) atoms. The van der Waals surface area contributed by atoms with Gasteiger partial charge in [-0.2, -0.15) is 0 Å². The zero-order chi connectivity index (χ0) is 18.0. The molecule has 1 aromatic carbocycles. The Morgan fingerprint density at radius 1 is 1.17 bits per heavy atom. The summed E-state index contributed by atoms with van der Waals surface area (Å²) in [5.74, 6) is -0.312. The standard InChI is InChI=1S/C15H22N2O5S2/c1-12-3-4-14(11-13(12)2)24(21,22)16-6-5-15(18)17-7-9-23(19,20)10-8-17/h3-4,11,16H,5-10H2,1-2H3. The molecule has 0 radical (unpaired) electrons. The first-order valence-corrected chi connectivity index (χ1v) is 11.0. The molecule has 1 aliphatic heterocycles. The first-order valence-electron chi connectivity index (χ1n) is 7.66. The summed E-state index contributed by atoms with van der Waals surface area (Å²) in [5, 5.41) is 0. The van der Waals surface area contributed by atoms with Gasteiger partial charge in [-0.1, -0.05) is 6.07 Å². The van der Waals surface area contributed by atoms with Crippen LogP contribution in [0.15, 0.2) is 23.1 Å². The fraction of sp³-hybridized carbons (Fsp3) is 0.533. The van der Waals surface area contributed by atoms with E-state index in [1.165, 1.54) is 11.0 Å². The van der Waals surface area contributed by atoms with E-state index in [9.17, 15) is 21.6 Å². The Hall–Kier alpha value is -1.45. The molecule has 1 aromatic rings. The second-order valence-corrected chi connectivity index (χ2v) is 10.00. The molecule has 1 N–H and O–H groups in total. The van der Waals surface area contributed by atoms with Gasteiger partial charge in [0, 0.05) is 26.1 Å². The molecule has 0 bridgehead atoms. The summed E-state index contributed by atoms with van der Waals surface area (Å²) in [6, 6.07) is 4.86. The number of rotatable bonds is 5. The molecule has 2 rings (SSSR count). The first-order chi connectivity index (χ1) is 11.1. The van der Waals surface area contributed by atoms with Crippen LogP contribution in [0.25, 0.3) is 0 Å². The van der Waals surface area contributed by atoms with Gasteiger partial charge in [-0.3, -0.25) is 4.79 Å². The van der Waals surface area contributed by atoms with E-state index in [0.29, 0.717) is 0 Å². The van der Waals surface area contributed by atoms with Crippen LogP contribution in [0, 0.1) is 13.8 Å². The topological polar surface area (TPSA) is 101 Å². The lowest BCUT2D eigenvalue weighted by atomic mass is 10.1. The molecule has 134 valence electrons. The molecule has 1 saturated heterocycles. The van der Waals surface area contributed by atoms with Crippen molar-refractivity contribution >= 4 is 25.8 Å². The Morgan fingerprint density at radius 3 is 2.38 bits per heavy atom. The molecule has 0 unspecified atom stereocenters. The predicted octanol–water partition coefficient (Wildman–Crippen LogP) is 0.229. The molecule has 1 amide bonds. The number of sulfonamides is 1. The second kappa shape index (κ2) is 7.20. The van der Waals surface area contributed by atoms with Crippen molar-refractivity contribution in [1.29, 1.82) is 0 Å². The van der Waals surface area contributed by atoms with E-state index >= 15 is 0 Å². The van der Waals surface area contributed by atoms with Gasteiger partial charge in [0.05, 0.1) is 16.4 Å². The van der Waals surface area contributed by atoms with E-state index in [-0.39, 0.29) is 48.4 Å². The highest BCUT2D eigenvalue weighted by atomic mass is 32.2. The van der Waals surface area contributed by atoms with Crippen LogP contribution < -0.4 is 4.72 Å². The number of nitrogens with one attached hydrogen (secondary N) is 1. The summed E-state index contributed by atoms with van der Waals surface area (Å²) >= 11 is 0. The van der Waals surface area contributed by atoms with Crippen molar-refractivity contribution in [3.05, 3.63) is 29.3 Å². The van der Waals surface area contributed by atoms with Crippen molar-refractivity contribution in [3.63, 3.8) is 0 Å². The van der Waals surface area contributed by atoms with Crippen LogP contribution in [0.5, 0.6) is 0 Å². The minimum Gasteiger partial charge on any atom is -0.341 e. The first kappa shape index (κ1) is 18.9. The van der Waals surface area contributed by atoms with Gasteiger partial charge in [-0.25, -0.2) is 21.6 Å². The van der Waals surface area contributed by atoms with Crippen LogP contribution in [-0.4, -0.2) is 58.8 Å². The zero-order valence-electron chi connectivity index (χ0n) is 13.8. The summed E-state index contributed by atoms with van der Waals surface area (Å²) in [6.07, 6.45) is 0.00409. The highest BCUT2D eigenvalue weighted by Gasteiger charge is 2.25. The van der Waals surface area contributed by atoms with Crippen LogP contribution in [0.4, 0.5) is 0 Å². The number of hydrogen-bond donors (Lipinski definition) is 1. The van der Waals surface area contributed by atoms with Crippen LogP contribution in [0.1, 0.15) is 17.5 Å². The lowest BCUT2D eigenvalue weighted by Crippen LogP contribution is -2.44. The summed E-state index contributed by atoms with van der Waals surface area (Å²) in [6.45, 7) is 4.06. The number of carbonyl (C=O) groups is 1. The summed E-state index contributed by atoms with van der Waals surface area (Å²) in [7, 11) is -6.70. The van der Waals surface area contributed by atoms with Crippen LogP contribution in [0.2, 0.25) is 0 Å². The Morgan fingerprint density at radius 2 is 1.79 bits per heavy atom. The Kier molecular flexibility index (Phi) is 5.67. The van der Waals surface area contributed by atoms with Crippen molar-refractivity contribution in [3.8, 4) is 0 Å². The van der Waals surface area contributed by atoms with E-state index in [1.807, 2.05) is 13.8 Å². The van der Waals surface area contributed by atoms with E-state index in [4.69, 9.17) is 0 Å². The molecule has 7 nitrogen and oxygen atoms in total. The second-order valence-electron chi connectivity index (χ2n) is 5.93. The lowest BCUT2D eigenvalue weighted by Gasteiger charge is -2.26. The highest BCUT2D eigenvalue weighted by molar-refractivity contribution is 7.91. The molecule has 0 spiro atoms. The maximum Gasteiger partial charge on any atom is 0.240 e. The van der Waals surface area contributed by atoms with Crippen molar-refractivity contribution in [2.24, 2.45) is 0 Å². The molecule has 1 aliphatic rings. The minimum atomic E-state index is -3.66. The van der Waals surface area contributed by atoms with Crippen LogP contribution in [-0.2, 0) is 24.7 Å². The SMILES string of the molecule is Cc1ccc(S(=O)(=O)NCCC(=O)N2CCS(=O)(=O)CC2)cc1C. The molecular formula is C15H22N2O5S2. The molecule has 1 fully saturated rings. The maximum absolute atomic E-state index is 12.2. The predicted molar refractivity (Wildman–Crippen MR) is 91.0 cm³/mol. The largest absolute Gasteiger partial charge is 0.341 e. The van der Waals surface area contributed by atoms with E-state index in [0.717, 1.165) is 11.1 Å². The Balaban J connectivity index is 1.89. The lowest BCUT2D eigenvalue weighted by molar-refractivity contribution is -0.130. The van der Waals surface area contributed by atoms with Gasteiger partial charge in [0.1, 0.15) is 0 Å². The highest BCUT2D eigenvalue weighted by Crippen LogP contribution is 2.14. The number of hydrogen-bond acceptors (Lipinski definition) is 5. The zero-order valence-corrected chi connectivity index (χ0v) is 15.4. The van der Waals surface area contributed by atoms with Crippen LogP contribution >= 0.6 is 0 Å². The van der Waals surface area contributed by atoms with Gasteiger partial charge in [0.2, 0.25) is 15.9 Å². The van der Waals surface area contributed by atoms with Crippen molar-refractivity contribution in [2.75, 3.05) is 31.1 Å². The monoisotopic (exact) mass is 374 g/mol. The summed E-state index contributed by atoms with van der Waals surface area (Å²) in [5.41, 5.74) is 1.88. The average molecular weight is 374 g/mol. The fourth-order valence-corrected chi connectivity index (χ4v) is 4.69. The van der Waals surface area contributed by atoms with Crippen molar-refractivity contribution in [1.82, 2.24) is 9.62 Å². The normalized spacial score (nSPS) is 17.7. The number of nitrogens with zero attached hydrogens (tertiary/aromatic N) is 1. The van der Waals surface area contributed by atoms with E-state index in [1.54, 1.807) is 12.1 Å². The van der Waals surface area contributed by atoms with Gasteiger partial charge in [0.15, 0.2) is 9.84 Å². The minimum absolute atomic E-state index is 0.00409. The third-order valence-electron chi connectivity index (χ3n) is 4.12. The number of amides is 1. The van der Waals surface area contributed by atoms with Gasteiger partial charge in [-0.15, -0.1) is 0 Å². The van der Waals surface area contributed by atoms with Gasteiger partial charge in [0.25, 0.3) is 0 Å². The molecule has 0 saturated carbocycles. The van der Waals surface area contributed by atoms with Crippen molar-refractivity contribution in [2.45, 2.75) is 25.2 Å². The number of aryl methyl sites for hydroxylation is 2. The average Bonchev–Trinajstić information content (AvgIpc) is 2.49. The van der Waals surface area contributed by atoms with E-state index in [2.05, 4.69) is 4.72 Å². The molecule has 0 aromatic heterocycles. The van der Waals surface area contributed by atoms with Crippen LogP contribution in [0.3, 0.4) is 0 Å². The molecule has 9 heteroatoms. The molecular weight excluding hydrogens is 352 g/mol. The van der Waals surface area contributed by atoms with Gasteiger partial charge < -0.3 is 4.90 Å².